The van der Waals surface area contributed by atoms with Crippen LogP contribution in [0.3, 0.4) is 0 Å². The minimum absolute atomic E-state index is 0.160. The Hall–Kier alpha value is -3.54. The average Bonchev–Trinajstić information content (AvgIpc) is 2.72. The Labute approximate surface area is 164 Å². The summed E-state index contributed by atoms with van der Waals surface area (Å²) >= 11 is 0. The highest BCUT2D eigenvalue weighted by Gasteiger charge is 2.08. The van der Waals surface area contributed by atoms with E-state index in [1.807, 2.05) is 43.3 Å². The van der Waals surface area contributed by atoms with Gasteiger partial charge in [0.1, 0.15) is 5.82 Å². The van der Waals surface area contributed by atoms with E-state index >= 15 is 0 Å². The summed E-state index contributed by atoms with van der Waals surface area (Å²) in [6.07, 6.45) is 1.55. The van der Waals surface area contributed by atoms with Crippen LogP contribution in [0.4, 0.5) is 11.5 Å². The number of aryl methyl sites for hydroxylation is 1. The van der Waals surface area contributed by atoms with E-state index in [0.717, 1.165) is 11.3 Å². The fourth-order valence-corrected chi connectivity index (χ4v) is 2.77. The van der Waals surface area contributed by atoms with E-state index in [1.54, 1.807) is 32.5 Å². The number of benzene rings is 2. The van der Waals surface area contributed by atoms with Crippen LogP contribution in [-0.2, 0) is 6.54 Å². The quantitative estimate of drug-likeness (QED) is 0.649. The molecule has 0 spiro atoms. The number of carbonyl (C=O) groups excluding carboxylic acids is 1. The molecule has 1 aromatic heterocycles. The summed E-state index contributed by atoms with van der Waals surface area (Å²) in [5.41, 5.74) is 3.54. The number of carbonyl (C=O) groups is 1. The number of hydrogen-bond donors (Lipinski definition) is 2. The standard InChI is InChI=1S/C22H23N3O3/c1-15-5-4-6-16(11-15)13-24-22(26)17-7-10-21(23-14-17)25-18-8-9-19(27-2)20(12-18)28-3/h4-12,14H,13H2,1-3H3,(H,23,25)(H,24,26). The van der Waals surface area contributed by atoms with E-state index in [4.69, 9.17) is 9.47 Å². The first-order valence-corrected chi connectivity index (χ1v) is 8.88. The largest absolute Gasteiger partial charge is 0.493 e. The summed E-state index contributed by atoms with van der Waals surface area (Å²) in [7, 11) is 3.18. The van der Waals surface area contributed by atoms with Crippen LogP contribution in [0.2, 0.25) is 0 Å². The zero-order valence-corrected chi connectivity index (χ0v) is 16.2. The van der Waals surface area contributed by atoms with Crippen molar-refractivity contribution in [2.75, 3.05) is 19.5 Å². The molecule has 3 aromatic rings. The Morgan fingerprint density at radius 3 is 2.50 bits per heavy atom. The molecule has 0 bridgehead atoms. The topological polar surface area (TPSA) is 72.5 Å². The lowest BCUT2D eigenvalue weighted by Gasteiger charge is -2.11. The molecule has 144 valence electrons. The molecule has 0 atom stereocenters. The maximum atomic E-state index is 12.3. The fraction of sp³-hybridized carbons (Fsp3) is 0.182. The number of methoxy groups -OCH3 is 2. The Kier molecular flexibility index (Phi) is 6.11. The van der Waals surface area contributed by atoms with Gasteiger partial charge in [0.15, 0.2) is 11.5 Å². The number of pyridine rings is 1. The van der Waals surface area contributed by atoms with Gasteiger partial charge < -0.3 is 20.1 Å². The van der Waals surface area contributed by atoms with E-state index in [0.29, 0.717) is 29.4 Å². The van der Waals surface area contributed by atoms with Gasteiger partial charge in [0.2, 0.25) is 0 Å². The third kappa shape index (κ3) is 4.79. The Morgan fingerprint density at radius 1 is 1.00 bits per heavy atom. The predicted octanol–water partition coefficient (Wildman–Crippen LogP) is 4.08. The van der Waals surface area contributed by atoms with Gasteiger partial charge >= 0.3 is 0 Å². The van der Waals surface area contributed by atoms with Crippen molar-refractivity contribution in [3.05, 3.63) is 77.5 Å². The first-order chi connectivity index (χ1) is 13.6. The van der Waals surface area contributed by atoms with Crippen molar-refractivity contribution in [1.82, 2.24) is 10.3 Å². The van der Waals surface area contributed by atoms with Crippen LogP contribution in [0.1, 0.15) is 21.5 Å². The molecule has 2 N–H and O–H groups in total. The molecule has 0 unspecified atom stereocenters. The van der Waals surface area contributed by atoms with Crippen LogP contribution in [0.5, 0.6) is 11.5 Å². The molecular weight excluding hydrogens is 354 g/mol. The summed E-state index contributed by atoms with van der Waals surface area (Å²) in [6, 6.07) is 17.0. The van der Waals surface area contributed by atoms with Crippen molar-refractivity contribution in [1.29, 1.82) is 0 Å². The van der Waals surface area contributed by atoms with Gasteiger partial charge in [-0.25, -0.2) is 4.98 Å². The lowest BCUT2D eigenvalue weighted by atomic mass is 10.1. The number of ether oxygens (including phenoxy) is 2. The third-order valence-corrected chi connectivity index (χ3v) is 4.22. The molecule has 2 aromatic carbocycles. The number of nitrogens with one attached hydrogen (secondary N) is 2. The molecule has 0 radical (unpaired) electrons. The van der Waals surface area contributed by atoms with Gasteiger partial charge in [0, 0.05) is 24.5 Å². The number of amides is 1. The minimum atomic E-state index is -0.160. The van der Waals surface area contributed by atoms with Crippen LogP contribution >= 0.6 is 0 Å². The van der Waals surface area contributed by atoms with Crippen molar-refractivity contribution in [2.45, 2.75) is 13.5 Å². The maximum Gasteiger partial charge on any atom is 0.253 e. The molecule has 1 heterocycles. The summed E-state index contributed by atoms with van der Waals surface area (Å²) < 4.78 is 10.5. The van der Waals surface area contributed by atoms with Gasteiger partial charge in [0.05, 0.1) is 19.8 Å². The number of nitrogens with zero attached hydrogens (tertiary/aromatic N) is 1. The summed E-state index contributed by atoms with van der Waals surface area (Å²) in [6.45, 7) is 2.51. The summed E-state index contributed by atoms with van der Waals surface area (Å²) in [4.78, 5) is 16.6. The van der Waals surface area contributed by atoms with Gasteiger partial charge in [-0.2, -0.15) is 0 Å². The van der Waals surface area contributed by atoms with Crippen LogP contribution in [0.25, 0.3) is 0 Å². The zero-order chi connectivity index (χ0) is 19.9. The van der Waals surface area contributed by atoms with Crippen molar-refractivity contribution < 1.29 is 14.3 Å². The van der Waals surface area contributed by atoms with E-state index in [9.17, 15) is 4.79 Å². The predicted molar refractivity (Wildman–Crippen MR) is 109 cm³/mol. The number of aromatic nitrogens is 1. The highest BCUT2D eigenvalue weighted by Crippen LogP contribution is 2.30. The molecule has 0 fully saturated rings. The zero-order valence-electron chi connectivity index (χ0n) is 16.2. The maximum absolute atomic E-state index is 12.3. The van der Waals surface area contributed by atoms with Gasteiger partial charge in [-0.05, 0) is 36.8 Å². The van der Waals surface area contributed by atoms with Gasteiger partial charge in [-0.1, -0.05) is 29.8 Å². The fourth-order valence-electron chi connectivity index (χ4n) is 2.77. The molecule has 0 aliphatic rings. The minimum Gasteiger partial charge on any atom is -0.493 e. The highest BCUT2D eigenvalue weighted by molar-refractivity contribution is 5.94. The number of hydrogen-bond acceptors (Lipinski definition) is 5. The third-order valence-electron chi connectivity index (χ3n) is 4.22. The lowest BCUT2D eigenvalue weighted by Crippen LogP contribution is -2.22. The Bertz CT molecular complexity index is 955. The molecule has 1 amide bonds. The van der Waals surface area contributed by atoms with Crippen LogP contribution in [0.15, 0.2) is 60.8 Å². The van der Waals surface area contributed by atoms with E-state index in [-0.39, 0.29) is 5.91 Å². The summed E-state index contributed by atoms with van der Waals surface area (Å²) in [5, 5.41) is 6.09. The molecule has 3 rings (SSSR count). The van der Waals surface area contributed by atoms with Crippen LogP contribution < -0.4 is 20.1 Å². The SMILES string of the molecule is COc1ccc(Nc2ccc(C(=O)NCc3cccc(C)c3)cn2)cc1OC. The molecular formula is C22H23N3O3. The second-order valence-corrected chi connectivity index (χ2v) is 6.30. The Balaban J connectivity index is 1.62. The second-order valence-electron chi connectivity index (χ2n) is 6.30. The smallest absolute Gasteiger partial charge is 0.253 e. The van der Waals surface area contributed by atoms with E-state index in [2.05, 4.69) is 21.7 Å². The normalized spacial score (nSPS) is 10.2. The molecule has 6 nitrogen and oxygen atoms in total. The average molecular weight is 377 g/mol. The van der Waals surface area contributed by atoms with Crippen LogP contribution in [0, 0.1) is 6.92 Å². The van der Waals surface area contributed by atoms with Crippen LogP contribution in [-0.4, -0.2) is 25.1 Å². The first-order valence-electron chi connectivity index (χ1n) is 8.88. The van der Waals surface area contributed by atoms with Gasteiger partial charge in [-0.3, -0.25) is 4.79 Å². The van der Waals surface area contributed by atoms with Crippen molar-refractivity contribution in [3.8, 4) is 11.5 Å². The Morgan fingerprint density at radius 2 is 1.82 bits per heavy atom. The van der Waals surface area contributed by atoms with Gasteiger partial charge in [-0.15, -0.1) is 0 Å². The second kappa shape index (κ2) is 8.90. The van der Waals surface area contributed by atoms with Crippen molar-refractivity contribution in [3.63, 3.8) is 0 Å². The molecule has 0 aliphatic heterocycles. The summed E-state index contributed by atoms with van der Waals surface area (Å²) in [5.74, 6) is 1.75. The molecule has 6 heteroatoms. The highest BCUT2D eigenvalue weighted by atomic mass is 16.5. The monoisotopic (exact) mass is 377 g/mol. The van der Waals surface area contributed by atoms with E-state index < -0.39 is 0 Å². The van der Waals surface area contributed by atoms with Crippen molar-refractivity contribution >= 4 is 17.4 Å². The molecule has 0 saturated heterocycles. The number of anilines is 2. The lowest BCUT2D eigenvalue weighted by molar-refractivity contribution is 0.0950. The molecule has 0 saturated carbocycles. The first kappa shape index (κ1) is 19.2. The number of rotatable bonds is 7. The van der Waals surface area contributed by atoms with Crippen molar-refractivity contribution in [2.24, 2.45) is 0 Å². The molecule has 28 heavy (non-hydrogen) atoms. The molecule has 0 aliphatic carbocycles. The van der Waals surface area contributed by atoms with Gasteiger partial charge in [0.25, 0.3) is 5.91 Å². The van der Waals surface area contributed by atoms with E-state index in [1.165, 1.54) is 5.56 Å².